The van der Waals surface area contributed by atoms with Crippen LogP contribution in [-0.4, -0.2) is 36.1 Å². The molecule has 2 aromatic rings. The number of hydrogen-bond acceptors (Lipinski definition) is 3. The van der Waals surface area contributed by atoms with E-state index in [0.717, 1.165) is 44.5 Å². The topological polar surface area (TPSA) is 39.3 Å². The fourth-order valence-electron chi connectivity index (χ4n) is 3.39. The first-order valence-electron chi connectivity index (χ1n) is 8.53. The molecule has 120 valence electrons. The predicted molar refractivity (Wildman–Crippen MR) is 93.0 cm³/mol. The van der Waals surface area contributed by atoms with E-state index < -0.39 is 0 Å². The van der Waals surface area contributed by atoms with E-state index in [0.29, 0.717) is 0 Å². The fourth-order valence-corrected chi connectivity index (χ4v) is 3.39. The van der Waals surface area contributed by atoms with Gasteiger partial charge in [-0.05, 0) is 36.0 Å². The van der Waals surface area contributed by atoms with E-state index in [4.69, 9.17) is 0 Å². The largest absolute Gasteiger partial charge is 0.356 e. The summed E-state index contributed by atoms with van der Waals surface area (Å²) in [6, 6.07) is 14.5. The molecule has 0 spiro atoms. The third-order valence-electron chi connectivity index (χ3n) is 4.87. The van der Waals surface area contributed by atoms with Gasteiger partial charge in [-0.15, -0.1) is 0 Å². The molecule has 2 heterocycles. The van der Waals surface area contributed by atoms with Crippen molar-refractivity contribution in [3.05, 3.63) is 63.9 Å². The number of anilines is 1. The number of aromatic nitrogens is 1. The molecule has 1 N–H and O–H groups in total. The normalized spacial score (nSPS) is 19.0. The van der Waals surface area contributed by atoms with Crippen LogP contribution >= 0.6 is 0 Å². The summed E-state index contributed by atoms with van der Waals surface area (Å²) in [6.45, 7) is 5.01. The quantitative estimate of drug-likeness (QED) is 0.943. The van der Waals surface area contributed by atoms with Crippen LogP contribution < -0.4 is 10.5 Å². The van der Waals surface area contributed by atoms with Crippen LogP contribution in [0.15, 0.2) is 47.3 Å². The van der Waals surface area contributed by atoms with Gasteiger partial charge < -0.3 is 9.88 Å². The minimum atomic E-state index is -0.0261. The summed E-state index contributed by atoms with van der Waals surface area (Å²) in [7, 11) is 0. The SMILES string of the molecule is O=c1cccc(N2CCN(Cc3cccc(C4CC4)c3)CC2)[nH]1. The van der Waals surface area contributed by atoms with E-state index >= 15 is 0 Å². The average Bonchev–Trinajstić information content (AvgIpc) is 3.41. The molecule has 1 aliphatic heterocycles. The van der Waals surface area contributed by atoms with Gasteiger partial charge in [0.1, 0.15) is 5.82 Å². The van der Waals surface area contributed by atoms with E-state index in [9.17, 15) is 4.79 Å². The van der Waals surface area contributed by atoms with Crippen molar-refractivity contribution >= 4 is 5.82 Å². The minimum absolute atomic E-state index is 0.0261. The van der Waals surface area contributed by atoms with Crippen LogP contribution in [0.3, 0.4) is 0 Å². The van der Waals surface area contributed by atoms with Crippen LogP contribution in [0.4, 0.5) is 5.82 Å². The third kappa shape index (κ3) is 3.48. The van der Waals surface area contributed by atoms with E-state index in [1.807, 2.05) is 12.1 Å². The van der Waals surface area contributed by atoms with Crippen LogP contribution in [0, 0.1) is 0 Å². The Morgan fingerprint density at radius 2 is 1.78 bits per heavy atom. The number of rotatable bonds is 4. The van der Waals surface area contributed by atoms with Crippen LogP contribution in [-0.2, 0) is 6.54 Å². The second-order valence-electron chi connectivity index (χ2n) is 6.68. The lowest BCUT2D eigenvalue weighted by Gasteiger charge is -2.35. The highest BCUT2D eigenvalue weighted by Crippen LogP contribution is 2.40. The molecule has 1 aliphatic carbocycles. The third-order valence-corrected chi connectivity index (χ3v) is 4.87. The zero-order valence-corrected chi connectivity index (χ0v) is 13.4. The number of aromatic amines is 1. The summed E-state index contributed by atoms with van der Waals surface area (Å²) in [5, 5.41) is 0. The molecule has 1 saturated heterocycles. The Morgan fingerprint density at radius 3 is 2.52 bits per heavy atom. The van der Waals surface area contributed by atoms with Crippen LogP contribution in [0.2, 0.25) is 0 Å². The van der Waals surface area contributed by atoms with E-state index in [1.165, 1.54) is 24.0 Å². The number of piperazine rings is 1. The second-order valence-corrected chi connectivity index (χ2v) is 6.68. The van der Waals surface area contributed by atoms with Gasteiger partial charge in [0.25, 0.3) is 0 Å². The van der Waals surface area contributed by atoms with Crippen LogP contribution in [0.1, 0.15) is 29.9 Å². The Labute approximate surface area is 136 Å². The summed E-state index contributed by atoms with van der Waals surface area (Å²) >= 11 is 0. The van der Waals surface area contributed by atoms with Crippen molar-refractivity contribution < 1.29 is 0 Å². The van der Waals surface area contributed by atoms with Gasteiger partial charge in [0.05, 0.1) is 0 Å². The number of nitrogens with zero attached hydrogens (tertiary/aromatic N) is 2. The van der Waals surface area contributed by atoms with Gasteiger partial charge in [-0.2, -0.15) is 0 Å². The Morgan fingerprint density at radius 1 is 1.00 bits per heavy atom. The molecule has 0 bridgehead atoms. The first-order valence-corrected chi connectivity index (χ1v) is 8.53. The monoisotopic (exact) mass is 309 g/mol. The molecule has 1 saturated carbocycles. The van der Waals surface area contributed by atoms with E-state index in [2.05, 4.69) is 39.0 Å². The molecule has 2 fully saturated rings. The Bertz CT molecular complexity index is 727. The lowest BCUT2D eigenvalue weighted by molar-refractivity contribution is 0.249. The molecule has 1 aromatic carbocycles. The van der Waals surface area contributed by atoms with Crippen molar-refractivity contribution in [1.29, 1.82) is 0 Å². The number of benzene rings is 1. The summed E-state index contributed by atoms with van der Waals surface area (Å²) in [4.78, 5) is 19.1. The maximum atomic E-state index is 11.4. The Kier molecular flexibility index (Phi) is 3.92. The van der Waals surface area contributed by atoms with Gasteiger partial charge >= 0.3 is 0 Å². The van der Waals surface area contributed by atoms with E-state index in [-0.39, 0.29) is 5.56 Å². The summed E-state index contributed by atoms with van der Waals surface area (Å²) in [5.74, 6) is 1.76. The highest BCUT2D eigenvalue weighted by Gasteiger charge is 2.24. The fraction of sp³-hybridized carbons (Fsp3) is 0.421. The first kappa shape index (κ1) is 14.5. The maximum absolute atomic E-state index is 11.4. The summed E-state index contributed by atoms with van der Waals surface area (Å²) in [6.07, 6.45) is 2.72. The Hall–Kier alpha value is -2.07. The molecule has 4 nitrogen and oxygen atoms in total. The molecular weight excluding hydrogens is 286 g/mol. The molecule has 0 amide bonds. The molecule has 0 atom stereocenters. The molecule has 0 unspecified atom stereocenters. The van der Waals surface area contributed by atoms with Crippen molar-refractivity contribution in [3.8, 4) is 0 Å². The molecule has 1 aromatic heterocycles. The predicted octanol–water partition coefficient (Wildman–Crippen LogP) is 2.57. The Balaban J connectivity index is 1.36. The highest BCUT2D eigenvalue weighted by atomic mass is 16.1. The van der Waals surface area contributed by atoms with Gasteiger partial charge in [-0.1, -0.05) is 30.3 Å². The molecule has 0 radical (unpaired) electrons. The van der Waals surface area contributed by atoms with Crippen molar-refractivity contribution in [2.75, 3.05) is 31.1 Å². The molecular formula is C19H23N3O. The van der Waals surface area contributed by atoms with Gasteiger partial charge in [-0.3, -0.25) is 9.69 Å². The van der Waals surface area contributed by atoms with Crippen molar-refractivity contribution in [1.82, 2.24) is 9.88 Å². The maximum Gasteiger partial charge on any atom is 0.249 e. The molecule has 23 heavy (non-hydrogen) atoms. The van der Waals surface area contributed by atoms with Crippen molar-refractivity contribution in [2.45, 2.75) is 25.3 Å². The van der Waals surface area contributed by atoms with Crippen molar-refractivity contribution in [2.24, 2.45) is 0 Å². The molecule has 4 rings (SSSR count). The average molecular weight is 309 g/mol. The molecule has 2 aliphatic rings. The van der Waals surface area contributed by atoms with Gasteiger partial charge in [0, 0.05) is 38.8 Å². The van der Waals surface area contributed by atoms with Crippen LogP contribution in [0.25, 0.3) is 0 Å². The summed E-state index contributed by atoms with van der Waals surface area (Å²) < 4.78 is 0. The highest BCUT2D eigenvalue weighted by molar-refractivity contribution is 5.38. The smallest absolute Gasteiger partial charge is 0.249 e. The zero-order valence-electron chi connectivity index (χ0n) is 13.4. The number of pyridine rings is 1. The van der Waals surface area contributed by atoms with E-state index in [1.54, 1.807) is 6.07 Å². The number of H-pyrrole nitrogens is 1. The standard InChI is InChI=1S/C19H23N3O/c23-19-6-2-5-18(20-19)22-11-9-21(10-12-22)14-15-3-1-4-17(13-15)16-7-8-16/h1-6,13,16H,7-12,14H2,(H,20,23). The van der Waals surface area contributed by atoms with Gasteiger partial charge in [-0.25, -0.2) is 0 Å². The summed E-state index contributed by atoms with van der Waals surface area (Å²) in [5.41, 5.74) is 2.92. The van der Waals surface area contributed by atoms with Crippen molar-refractivity contribution in [3.63, 3.8) is 0 Å². The van der Waals surface area contributed by atoms with Gasteiger partial charge in [0.2, 0.25) is 5.56 Å². The first-order chi connectivity index (χ1) is 11.3. The number of hydrogen-bond donors (Lipinski definition) is 1. The second kappa shape index (κ2) is 6.20. The lowest BCUT2D eigenvalue weighted by Crippen LogP contribution is -2.46. The zero-order chi connectivity index (χ0) is 15.6. The molecule has 4 heteroatoms. The van der Waals surface area contributed by atoms with Crippen LogP contribution in [0.5, 0.6) is 0 Å². The number of nitrogens with one attached hydrogen (secondary N) is 1. The minimum Gasteiger partial charge on any atom is -0.356 e. The lowest BCUT2D eigenvalue weighted by atomic mass is 10.1. The van der Waals surface area contributed by atoms with Gasteiger partial charge in [0.15, 0.2) is 0 Å².